The second kappa shape index (κ2) is 8.73. The first-order valence-corrected chi connectivity index (χ1v) is 9.11. The van der Waals surface area contributed by atoms with Crippen molar-refractivity contribution in [2.45, 2.75) is 25.9 Å². The maximum absolute atomic E-state index is 12.8. The van der Waals surface area contributed by atoms with E-state index in [4.69, 9.17) is 10.2 Å². The molecule has 0 radical (unpaired) electrons. The van der Waals surface area contributed by atoms with Gasteiger partial charge < -0.3 is 20.2 Å². The van der Waals surface area contributed by atoms with Gasteiger partial charge in [0.05, 0.1) is 19.4 Å². The number of nitrogens with zero attached hydrogens (tertiary/aromatic N) is 2. The van der Waals surface area contributed by atoms with Gasteiger partial charge in [-0.15, -0.1) is 0 Å². The molecule has 0 aliphatic carbocycles. The number of phenols is 1. The number of piperidine rings is 1. The van der Waals surface area contributed by atoms with E-state index in [1.165, 1.54) is 0 Å². The molecule has 0 saturated carbocycles. The van der Waals surface area contributed by atoms with Gasteiger partial charge in [-0.2, -0.15) is 0 Å². The first kappa shape index (κ1) is 19.0. The number of nitrogens with two attached hydrogens (primary N) is 1. The maximum Gasteiger partial charge on any atom is 0.236 e. The summed E-state index contributed by atoms with van der Waals surface area (Å²) in [6, 6.07) is 10.8. The molecule has 3 rings (SSSR count). The van der Waals surface area contributed by atoms with Crippen LogP contribution in [0.4, 0.5) is 0 Å². The second-order valence-corrected chi connectivity index (χ2v) is 6.91. The minimum atomic E-state index is -0.291. The van der Waals surface area contributed by atoms with Gasteiger partial charge in [0.2, 0.25) is 11.8 Å². The van der Waals surface area contributed by atoms with Crippen LogP contribution in [0.3, 0.4) is 0 Å². The average Bonchev–Trinajstić information content (AvgIpc) is 3.16. The highest BCUT2D eigenvalue weighted by Crippen LogP contribution is 2.21. The lowest BCUT2D eigenvalue weighted by Crippen LogP contribution is -2.45. The van der Waals surface area contributed by atoms with Gasteiger partial charge in [0.15, 0.2) is 0 Å². The Hall–Kier alpha value is -2.80. The molecule has 0 unspecified atom stereocenters. The lowest BCUT2D eigenvalue weighted by molar-refractivity contribution is -0.136. The minimum Gasteiger partial charge on any atom is -0.508 e. The van der Waals surface area contributed by atoms with Gasteiger partial charge in [-0.25, -0.2) is 0 Å². The van der Waals surface area contributed by atoms with Crippen molar-refractivity contribution in [2.24, 2.45) is 11.7 Å². The van der Waals surface area contributed by atoms with Crippen LogP contribution in [0.5, 0.6) is 5.75 Å². The number of hydrogen-bond donors (Lipinski definition) is 2. The number of hydrogen-bond acceptors (Lipinski definition) is 5. The van der Waals surface area contributed by atoms with Crippen LogP contribution in [0.1, 0.15) is 24.2 Å². The van der Waals surface area contributed by atoms with Crippen LogP contribution in [0.25, 0.3) is 0 Å². The van der Waals surface area contributed by atoms with Crippen molar-refractivity contribution in [1.29, 1.82) is 0 Å². The van der Waals surface area contributed by atoms with Crippen LogP contribution in [0.2, 0.25) is 0 Å². The van der Waals surface area contributed by atoms with Crippen molar-refractivity contribution < 1.29 is 19.1 Å². The number of phenolic OH excluding ortho intramolecular Hbond substituents is 1. The first-order valence-electron chi connectivity index (χ1n) is 9.11. The molecule has 1 aromatic carbocycles. The third-order valence-corrected chi connectivity index (χ3v) is 4.95. The third-order valence-electron chi connectivity index (χ3n) is 4.95. The molecule has 0 atom stereocenters. The highest BCUT2D eigenvalue weighted by Gasteiger charge is 2.27. The number of carbonyl (C=O) groups excluding carboxylic acids is 2. The van der Waals surface area contributed by atoms with Crippen LogP contribution in [0, 0.1) is 5.92 Å². The van der Waals surface area contributed by atoms with Crippen LogP contribution >= 0.6 is 0 Å². The summed E-state index contributed by atoms with van der Waals surface area (Å²) in [5, 5.41) is 10.1. The Balaban J connectivity index is 1.65. The number of para-hydroxylation sites is 1. The number of aromatic hydroxyl groups is 1. The molecule has 0 spiro atoms. The van der Waals surface area contributed by atoms with E-state index < -0.39 is 0 Å². The van der Waals surface area contributed by atoms with E-state index in [1.807, 2.05) is 29.2 Å². The van der Waals surface area contributed by atoms with Gasteiger partial charge in [-0.3, -0.25) is 14.5 Å². The molecule has 1 fully saturated rings. The molecule has 7 heteroatoms. The van der Waals surface area contributed by atoms with E-state index in [1.54, 1.807) is 23.3 Å². The zero-order valence-electron chi connectivity index (χ0n) is 15.2. The molecule has 2 aromatic rings. The number of primary amides is 1. The molecule has 2 amide bonds. The lowest BCUT2D eigenvalue weighted by atomic mass is 9.96. The van der Waals surface area contributed by atoms with Crippen molar-refractivity contribution in [3.8, 4) is 5.75 Å². The molecule has 27 heavy (non-hydrogen) atoms. The fourth-order valence-corrected chi connectivity index (χ4v) is 3.38. The summed E-state index contributed by atoms with van der Waals surface area (Å²) in [5.74, 6) is 0.526. The summed E-state index contributed by atoms with van der Waals surface area (Å²) in [7, 11) is 0. The van der Waals surface area contributed by atoms with Crippen LogP contribution in [-0.2, 0) is 22.7 Å². The summed E-state index contributed by atoms with van der Waals surface area (Å²) in [6.07, 6.45) is 2.82. The SMILES string of the molecule is NC(=O)C1CCN(C(=O)CN(Cc2ccco2)Cc2ccccc2O)CC1. The predicted molar refractivity (Wildman–Crippen MR) is 99.4 cm³/mol. The predicted octanol–water partition coefficient (Wildman–Crippen LogP) is 1.71. The van der Waals surface area contributed by atoms with Gasteiger partial charge in [0.25, 0.3) is 0 Å². The monoisotopic (exact) mass is 371 g/mol. The van der Waals surface area contributed by atoms with Gasteiger partial charge in [0.1, 0.15) is 11.5 Å². The Kier molecular flexibility index (Phi) is 6.13. The third kappa shape index (κ3) is 5.10. The largest absolute Gasteiger partial charge is 0.508 e. The van der Waals surface area contributed by atoms with E-state index in [0.717, 1.165) is 11.3 Å². The van der Waals surface area contributed by atoms with Crippen molar-refractivity contribution in [3.05, 3.63) is 54.0 Å². The molecule has 1 aliphatic heterocycles. The molecule has 0 bridgehead atoms. The smallest absolute Gasteiger partial charge is 0.236 e. The molecule has 1 saturated heterocycles. The van der Waals surface area contributed by atoms with Crippen LogP contribution < -0.4 is 5.73 Å². The van der Waals surface area contributed by atoms with Crippen molar-refractivity contribution in [1.82, 2.24) is 9.80 Å². The van der Waals surface area contributed by atoms with Gasteiger partial charge >= 0.3 is 0 Å². The zero-order chi connectivity index (χ0) is 19.2. The van der Waals surface area contributed by atoms with E-state index in [9.17, 15) is 14.7 Å². The van der Waals surface area contributed by atoms with E-state index in [0.29, 0.717) is 39.0 Å². The van der Waals surface area contributed by atoms with Crippen molar-refractivity contribution in [3.63, 3.8) is 0 Å². The minimum absolute atomic E-state index is 0.0000950. The Morgan fingerprint density at radius 1 is 1.15 bits per heavy atom. The summed E-state index contributed by atoms with van der Waals surface area (Å²) in [5.41, 5.74) is 6.11. The number of carbonyl (C=O) groups is 2. The average molecular weight is 371 g/mol. The summed E-state index contributed by atoms with van der Waals surface area (Å²) in [4.78, 5) is 27.8. The molecular weight excluding hydrogens is 346 g/mol. The van der Waals surface area contributed by atoms with E-state index in [-0.39, 0.29) is 30.0 Å². The topological polar surface area (TPSA) is 100 Å². The summed E-state index contributed by atoms with van der Waals surface area (Å²) < 4.78 is 5.42. The number of likely N-dealkylation sites (tertiary alicyclic amines) is 1. The van der Waals surface area contributed by atoms with Crippen molar-refractivity contribution >= 4 is 11.8 Å². The van der Waals surface area contributed by atoms with Crippen LogP contribution in [-0.4, -0.2) is 46.4 Å². The fourth-order valence-electron chi connectivity index (χ4n) is 3.38. The Labute approximate surface area is 158 Å². The molecule has 2 heterocycles. The molecule has 7 nitrogen and oxygen atoms in total. The molecule has 1 aromatic heterocycles. The van der Waals surface area contributed by atoms with Gasteiger partial charge in [-0.1, -0.05) is 18.2 Å². The number of amides is 2. The summed E-state index contributed by atoms with van der Waals surface area (Å²) >= 11 is 0. The normalized spacial score (nSPS) is 15.2. The Morgan fingerprint density at radius 3 is 2.52 bits per heavy atom. The Morgan fingerprint density at radius 2 is 1.89 bits per heavy atom. The lowest BCUT2D eigenvalue weighted by Gasteiger charge is -2.32. The van der Waals surface area contributed by atoms with E-state index >= 15 is 0 Å². The number of benzene rings is 1. The molecule has 144 valence electrons. The van der Waals surface area contributed by atoms with Crippen LogP contribution in [0.15, 0.2) is 47.1 Å². The quantitative estimate of drug-likeness (QED) is 0.772. The van der Waals surface area contributed by atoms with Gasteiger partial charge in [0, 0.05) is 31.1 Å². The molecular formula is C20H25N3O4. The second-order valence-electron chi connectivity index (χ2n) is 6.91. The number of rotatable bonds is 7. The molecule has 1 aliphatic rings. The maximum atomic E-state index is 12.8. The summed E-state index contributed by atoms with van der Waals surface area (Å²) in [6.45, 7) is 2.17. The van der Waals surface area contributed by atoms with Gasteiger partial charge in [-0.05, 0) is 31.0 Å². The Bertz CT molecular complexity index is 767. The zero-order valence-corrected chi connectivity index (χ0v) is 15.2. The highest BCUT2D eigenvalue weighted by molar-refractivity contribution is 5.80. The van der Waals surface area contributed by atoms with E-state index in [2.05, 4.69) is 0 Å². The molecule has 3 N–H and O–H groups in total. The highest BCUT2D eigenvalue weighted by atomic mass is 16.3. The standard InChI is InChI=1S/C20H25N3O4/c21-20(26)15-7-9-23(10-8-15)19(25)14-22(13-17-5-3-11-27-17)12-16-4-1-2-6-18(16)24/h1-6,11,15,24H,7-10,12-14H2,(H2,21,26). The first-order chi connectivity index (χ1) is 13.0. The van der Waals surface area contributed by atoms with Crippen molar-refractivity contribution in [2.75, 3.05) is 19.6 Å². The fraction of sp³-hybridized carbons (Fsp3) is 0.400. The number of furan rings is 1.